The Morgan fingerprint density at radius 3 is 2.45 bits per heavy atom. The highest BCUT2D eigenvalue weighted by atomic mass is 16.6. The predicted octanol–water partition coefficient (Wildman–Crippen LogP) is 2.15. The summed E-state index contributed by atoms with van der Waals surface area (Å²) in [6.07, 6.45) is 1.42. The van der Waals surface area contributed by atoms with E-state index in [1.807, 2.05) is 13.8 Å². The first kappa shape index (κ1) is 16.1. The van der Waals surface area contributed by atoms with E-state index in [4.69, 9.17) is 5.73 Å². The van der Waals surface area contributed by atoms with Gasteiger partial charge in [0.25, 0.3) is 11.6 Å². The average molecular weight is 279 g/mol. The van der Waals surface area contributed by atoms with E-state index in [2.05, 4.69) is 5.32 Å². The molecule has 0 atom stereocenters. The molecular formula is C14H21N3O3. The smallest absolute Gasteiger partial charge is 0.270 e. The Morgan fingerprint density at radius 1 is 1.40 bits per heavy atom. The third-order valence-corrected chi connectivity index (χ3v) is 3.80. The quantitative estimate of drug-likeness (QED) is 0.615. The summed E-state index contributed by atoms with van der Waals surface area (Å²) in [5.41, 5.74) is 6.21. The molecule has 20 heavy (non-hydrogen) atoms. The summed E-state index contributed by atoms with van der Waals surface area (Å²) in [7, 11) is 0. The Morgan fingerprint density at radius 2 is 2.00 bits per heavy atom. The van der Waals surface area contributed by atoms with Crippen molar-refractivity contribution in [2.75, 3.05) is 6.54 Å². The van der Waals surface area contributed by atoms with Crippen LogP contribution >= 0.6 is 0 Å². The Labute approximate surface area is 118 Å². The van der Waals surface area contributed by atoms with E-state index < -0.39 is 10.5 Å². The molecular weight excluding hydrogens is 258 g/mol. The minimum absolute atomic E-state index is 0.0907. The van der Waals surface area contributed by atoms with Crippen molar-refractivity contribution in [2.24, 2.45) is 5.73 Å². The highest BCUT2D eigenvalue weighted by molar-refractivity contribution is 5.96. The molecule has 0 heterocycles. The molecule has 0 saturated heterocycles. The fraction of sp³-hybridized carbons (Fsp3) is 0.500. The van der Waals surface area contributed by atoms with Crippen LogP contribution in [0.3, 0.4) is 0 Å². The first-order valence-electron chi connectivity index (χ1n) is 6.66. The first-order valence-corrected chi connectivity index (χ1v) is 6.66. The summed E-state index contributed by atoms with van der Waals surface area (Å²) in [4.78, 5) is 22.6. The molecule has 1 aromatic carbocycles. The maximum atomic E-state index is 12.3. The number of rotatable bonds is 6. The topological polar surface area (TPSA) is 98.3 Å². The van der Waals surface area contributed by atoms with Crippen LogP contribution in [0.4, 0.5) is 5.69 Å². The van der Waals surface area contributed by atoms with Crippen LogP contribution in [0.1, 0.15) is 42.6 Å². The number of benzene rings is 1. The molecule has 0 aliphatic heterocycles. The number of nitrogens with zero attached hydrogens (tertiary/aromatic N) is 1. The van der Waals surface area contributed by atoms with Crippen molar-refractivity contribution in [3.63, 3.8) is 0 Å². The Balaban J connectivity index is 3.08. The van der Waals surface area contributed by atoms with E-state index in [0.29, 0.717) is 30.5 Å². The molecule has 110 valence electrons. The van der Waals surface area contributed by atoms with E-state index in [-0.39, 0.29) is 11.6 Å². The van der Waals surface area contributed by atoms with Crippen LogP contribution in [-0.4, -0.2) is 22.9 Å². The molecule has 0 fully saturated rings. The molecule has 0 aliphatic carbocycles. The monoisotopic (exact) mass is 279 g/mol. The molecule has 0 radical (unpaired) electrons. The summed E-state index contributed by atoms with van der Waals surface area (Å²) < 4.78 is 0. The van der Waals surface area contributed by atoms with Gasteiger partial charge in [-0.15, -0.1) is 0 Å². The average Bonchev–Trinajstić information content (AvgIpc) is 2.45. The number of hydrogen-bond acceptors (Lipinski definition) is 4. The van der Waals surface area contributed by atoms with E-state index in [1.165, 1.54) is 12.1 Å². The molecule has 3 N–H and O–H groups in total. The predicted molar refractivity (Wildman–Crippen MR) is 77.7 cm³/mol. The first-order chi connectivity index (χ1) is 9.39. The van der Waals surface area contributed by atoms with Gasteiger partial charge in [-0.05, 0) is 25.3 Å². The van der Waals surface area contributed by atoms with Crippen LogP contribution in [-0.2, 0) is 0 Å². The maximum Gasteiger partial charge on any atom is 0.270 e. The second-order valence-corrected chi connectivity index (χ2v) is 4.90. The fourth-order valence-electron chi connectivity index (χ4n) is 2.04. The third-order valence-electron chi connectivity index (χ3n) is 3.80. The standard InChI is InChI=1S/C14H21N3O3/c1-4-14(5-2,9-15)16-13(18)12-8-11(17(19)20)7-6-10(12)3/h6-8H,4-5,9,15H2,1-3H3,(H,16,18). The lowest BCUT2D eigenvalue weighted by molar-refractivity contribution is -0.384. The van der Waals surface area contributed by atoms with Crippen molar-refractivity contribution in [3.8, 4) is 0 Å². The number of nitrogens with two attached hydrogens (primary N) is 1. The minimum Gasteiger partial charge on any atom is -0.345 e. The lowest BCUT2D eigenvalue weighted by Crippen LogP contribution is -2.53. The number of carbonyl (C=O) groups is 1. The van der Waals surface area contributed by atoms with Gasteiger partial charge >= 0.3 is 0 Å². The highest BCUT2D eigenvalue weighted by Gasteiger charge is 2.27. The third kappa shape index (κ3) is 3.33. The van der Waals surface area contributed by atoms with Gasteiger partial charge in [0.1, 0.15) is 0 Å². The van der Waals surface area contributed by atoms with E-state index >= 15 is 0 Å². The molecule has 6 heteroatoms. The lowest BCUT2D eigenvalue weighted by Gasteiger charge is -2.31. The molecule has 0 spiro atoms. The van der Waals surface area contributed by atoms with Crippen LogP contribution < -0.4 is 11.1 Å². The van der Waals surface area contributed by atoms with Crippen molar-refractivity contribution in [3.05, 3.63) is 39.4 Å². The van der Waals surface area contributed by atoms with Crippen molar-refractivity contribution in [2.45, 2.75) is 39.2 Å². The van der Waals surface area contributed by atoms with Crippen LogP contribution in [0.15, 0.2) is 18.2 Å². The molecule has 0 aromatic heterocycles. The summed E-state index contributed by atoms with van der Waals surface area (Å²) in [6.45, 7) is 5.99. The zero-order valence-corrected chi connectivity index (χ0v) is 12.1. The number of nitro benzene ring substituents is 1. The molecule has 6 nitrogen and oxygen atoms in total. The van der Waals surface area contributed by atoms with Crippen LogP contribution in [0.25, 0.3) is 0 Å². The highest BCUT2D eigenvalue weighted by Crippen LogP contribution is 2.20. The maximum absolute atomic E-state index is 12.3. The molecule has 1 amide bonds. The van der Waals surface area contributed by atoms with Gasteiger partial charge in [0.15, 0.2) is 0 Å². The van der Waals surface area contributed by atoms with Crippen molar-refractivity contribution in [1.29, 1.82) is 0 Å². The second kappa shape index (κ2) is 6.47. The summed E-state index contributed by atoms with van der Waals surface area (Å²) in [6, 6.07) is 4.27. The van der Waals surface area contributed by atoms with Crippen LogP contribution in [0.5, 0.6) is 0 Å². The van der Waals surface area contributed by atoms with Gasteiger partial charge in [0.05, 0.1) is 10.5 Å². The Kier molecular flexibility index (Phi) is 5.21. The molecule has 1 rings (SSSR count). The zero-order chi connectivity index (χ0) is 15.3. The molecule has 0 unspecified atom stereocenters. The number of nitro groups is 1. The van der Waals surface area contributed by atoms with Crippen LogP contribution in [0, 0.1) is 17.0 Å². The Hall–Kier alpha value is -1.95. The van der Waals surface area contributed by atoms with Crippen LogP contribution in [0.2, 0.25) is 0 Å². The van der Waals surface area contributed by atoms with Gasteiger partial charge in [-0.25, -0.2) is 0 Å². The second-order valence-electron chi connectivity index (χ2n) is 4.90. The number of amides is 1. The number of carbonyl (C=O) groups excluding carboxylic acids is 1. The Bertz CT molecular complexity index is 502. The number of aryl methyl sites for hydroxylation is 1. The van der Waals surface area contributed by atoms with Gasteiger partial charge in [0.2, 0.25) is 0 Å². The van der Waals surface area contributed by atoms with Gasteiger partial charge in [0, 0.05) is 24.2 Å². The van der Waals surface area contributed by atoms with Gasteiger partial charge < -0.3 is 11.1 Å². The summed E-state index contributed by atoms with van der Waals surface area (Å²) in [5, 5.41) is 13.7. The SMILES string of the molecule is CCC(CC)(CN)NC(=O)c1cc([N+](=O)[O-])ccc1C. The molecule has 0 bridgehead atoms. The molecule has 1 aromatic rings. The van der Waals surface area contributed by atoms with Gasteiger partial charge in [-0.3, -0.25) is 14.9 Å². The normalized spacial score (nSPS) is 11.2. The number of nitrogens with one attached hydrogen (secondary N) is 1. The van der Waals surface area contributed by atoms with Crippen molar-refractivity contribution >= 4 is 11.6 Å². The van der Waals surface area contributed by atoms with Crippen molar-refractivity contribution in [1.82, 2.24) is 5.32 Å². The summed E-state index contributed by atoms with van der Waals surface area (Å²) >= 11 is 0. The van der Waals surface area contributed by atoms with E-state index in [1.54, 1.807) is 13.0 Å². The van der Waals surface area contributed by atoms with E-state index in [0.717, 1.165) is 0 Å². The largest absolute Gasteiger partial charge is 0.345 e. The summed E-state index contributed by atoms with van der Waals surface area (Å²) in [5.74, 6) is -0.319. The van der Waals surface area contributed by atoms with Gasteiger partial charge in [-0.1, -0.05) is 19.9 Å². The molecule has 0 aliphatic rings. The van der Waals surface area contributed by atoms with E-state index in [9.17, 15) is 14.9 Å². The number of hydrogen-bond donors (Lipinski definition) is 2. The lowest BCUT2D eigenvalue weighted by atomic mass is 9.92. The zero-order valence-electron chi connectivity index (χ0n) is 12.1. The van der Waals surface area contributed by atoms with Gasteiger partial charge in [-0.2, -0.15) is 0 Å². The molecule has 0 saturated carbocycles. The number of non-ortho nitro benzene ring substituents is 1. The fourth-order valence-corrected chi connectivity index (χ4v) is 2.04. The van der Waals surface area contributed by atoms with Crippen molar-refractivity contribution < 1.29 is 9.72 Å². The minimum atomic E-state index is -0.508.